The molecular weight excluding hydrogens is 208 g/mol. The second kappa shape index (κ2) is 7.91. The lowest BCUT2D eigenvalue weighted by atomic mass is 10.2. The van der Waals surface area contributed by atoms with Crippen LogP contribution in [0.3, 0.4) is 0 Å². The largest absolute Gasteiger partial charge is 0.378 e. The van der Waals surface area contributed by atoms with Crippen LogP contribution in [0, 0.1) is 0 Å². The minimum atomic E-state index is 0.954. The molecule has 1 N–H and O–H groups in total. The van der Waals surface area contributed by atoms with Gasteiger partial charge in [-0.3, -0.25) is 0 Å². The van der Waals surface area contributed by atoms with Crippen LogP contribution in [-0.4, -0.2) is 27.2 Å². The predicted molar refractivity (Wildman–Crippen MR) is 77.6 cm³/mol. The molecule has 1 aromatic carbocycles. The molecule has 0 aliphatic rings. The molecule has 1 rings (SSSR count). The Balaban J connectivity index is 2.33. The standard InChI is InChI=1S/C15H24N2/c1-4-5-12-16-13-6-7-14-8-10-15(11-9-14)17(2)3/h6-11,16H,4-5,12-13H2,1-3H3. The topological polar surface area (TPSA) is 15.3 Å². The third kappa shape index (κ3) is 5.55. The van der Waals surface area contributed by atoms with Gasteiger partial charge in [-0.25, -0.2) is 0 Å². The number of nitrogens with one attached hydrogen (secondary N) is 1. The van der Waals surface area contributed by atoms with E-state index in [0.717, 1.165) is 13.1 Å². The van der Waals surface area contributed by atoms with E-state index in [9.17, 15) is 0 Å². The average molecular weight is 232 g/mol. The summed E-state index contributed by atoms with van der Waals surface area (Å²) in [6.45, 7) is 4.28. The van der Waals surface area contributed by atoms with Crippen LogP contribution >= 0.6 is 0 Å². The van der Waals surface area contributed by atoms with Gasteiger partial charge in [0.25, 0.3) is 0 Å². The molecule has 1 aromatic rings. The van der Waals surface area contributed by atoms with Crippen LogP contribution in [0.25, 0.3) is 6.08 Å². The Kier molecular flexibility index (Phi) is 6.41. The highest BCUT2D eigenvalue weighted by Crippen LogP contribution is 2.12. The van der Waals surface area contributed by atoms with Gasteiger partial charge in [-0.1, -0.05) is 37.6 Å². The molecule has 0 heterocycles. The van der Waals surface area contributed by atoms with Crippen molar-refractivity contribution in [2.45, 2.75) is 19.8 Å². The fourth-order valence-corrected chi connectivity index (χ4v) is 1.57. The first kappa shape index (κ1) is 13.8. The first-order valence-electron chi connectivity index (χ1n) is 6.38. The smallest absolute Gasteiger partial charge is 0.0361 e. The minimum absolute atomic E-state index is 0.954. The maximum Gasteiger partial charge on any atom is 0.0361 e. The molecule has 0 saturated heterocycles. The molecule has 2 heteroatoms. The van der Waals surface area contributed by atoms with Crippen molar-refractivity contribution < 1.29 is 0 Å². The summed E-state index contributed by atoms with van der Waals surface area (Å²) >= 11 is 0. The summed E-state index contributed by atoms with van der Waals surface area (Å²) in [6.07, 6.45) is 6.85. The maximum absolute atomic E-state index is 3.39. The van der Waals surface area contributed by atoms with Crippen LogP contribution in [0.15, 0.2) is 30.3 Å². The fourth-order valence-electron chi connectivity index (χ4n) is 1.57. The Hall–Kier alpha value is -1.28. The summed E-state index contributed by atoms with van der Waals surface area (Å²) < 4.78 is 0. The molecule has 17 heavy (non-hydrogen) atoms. The Morgan fingerprint density at radius 1 is 1.18 bits per heavy atom. The van der Waals surface area contributed by atoms with E-state index in [0.29, 0.717) is 0 Å². The van der Waals surface area contributed by atoms with E-state index in [2.05, 4.69) is 67.7 Å². The lowest BCUT2D eigenvalue weighted by Crippen LogP contribution is -2.14. The molecule has 0 fully saturated rings. The van der Waals surface area contributed by atoms with Gasteiger partial charge in [-0.05, 0) is 30.7 Å². The molecule has 0 bridgehead atoms. The number of unbranched alkanes of at least 4 members (excludes halogenated alkanes) is 1. The Morgan fingerprint density at radius 2 is 1.88 bits per heavy atom. The lowest BCUT2D eigenvalue weighted by Gasteiger charge is -2.11. The Labute approximate surface area is 105 Å². The normalized spacial score (nSPS) is 11.0. The summed E-state index contributed by atoms with van der Waals surface area (Å²) in [4.78, 5) is 2.11. The lowest BCUT2D eigenvalue weighted by molar-refractivity contribution is 0.682. The van der Waals surface area contributed by atoms with E-state index in [1.54, 1.807) is 0 Å². The minimum Gasteiger partial charge on any atom is -0.378 e. The molecular formula is C15H24N2. The zero-order chi connectivity index (χ0) is 12.5. The number of hydrogen-bond acceptors (Lipinski definition) is 2. The molecule has 0 radical (unpaired) electrons. The molecule has 0 amide bonds. The molecule has 0 aromatic heterocycles. The van der Waals surface area contributed by atoms with Crippen molar-refractivity contribution in [2.75, 3.05) is 32.1 Å². The SMILES string of the molecule is CCCCNCC=Cc1ccc(N(C)C)cc1. The van der Waals surface area contributed by atoms with Crippen LogP contribution in [0.5, 0.6) is 0 Å². The monoisotopic (exact) mass is 232 g/mol. The molecule has 94 valence electrons. The van der Waals surface area contributed by atoms with Gasteiger partial charge in [0.05, 0.1) is 0 Å². The van der Waals surface area contributed by atoms with Crippen molar-refractivity contribution >= 4 is 11.8 Å². The van der Waals surface area contributed by atoms with Crippen LogP contribution in [-0.2, 0) is 0 Å². The molecule has 2 nitrogen and oxygen atoms in total. The first-order valence-corrected chi connectivity index (χ1v) is 6.38. The van der Waals surface area contributed by atoms with Crippen molar-refractivity contribution in [1.29, 1.82) is 0 Å². The van der Waals surface area contributed by atoms with Crippen LogP contribution in [0.1, 0.15) is 25.3 Å². The molecule has 0 aliphatic heterocycles. The maximum atomic E-state index is 3.39. The molecule has 0 spiro atoms. The Bertz CT molecular complexity index is 325. The van der Waals surface area contributed by atoms with E-state index < -0.39 is 0 Å². The number of hydrogen-bond donors (Lipinski definition) is 1. The van der Waals surface area contributed by atoms with Gasteiger partial charge in [-0.15, -0.1) is 0 Å². The van der Waals surface area contributed by atoms with Crippen molar-refractivity contribution in [3.05, 3.63) is 35.9 Å². The van der Waals surface area contributed by atoms with E-state index in [4.69, 9.17) is 0 Å². The quantitative estimate of drug-likeness (QED) is 0.726. The van der Waals surface area contributed by atoms with Gasteiger partial charge in [0.1, 0.15) is 0 Å². The number of benzene rings is 1. The second-order valence-corrected chi connectivity index (χ2v) is 4.45. The van der Waals surface area contributed by atoms with Crippen LogP contribution in [0.2, 0.25) is 0 Å². The first-order chi connectivity index (χ1) is 8.24. The van der Waals surface area contributed by atoms with Crippen molar-refractivity contribution in [3.63, 3.8) is 0 Å². The van der Waals surface area contributed by atoms with Gasteiger partial charge in [0.2, 0.25) is 0 Å². The van der Waals surface area contributed by atoms with Gasteiger partial charge in [-0.2, -0.15) is 0 Å². The highest BCUT2D eigenvalue weighted by molar-refractivity contribution is 5.55. The molecule has 0 aliphatic carbocycles. The number of anilines is 1. The summed E-state index contributed by atoms with van der Waals surface area (Å²) in [5.74, 6) is 0. The highest BCUT2D eigenvalue weighted by Gasteiger charge is 1.92. The van der Waals surface area contributed by atoms with E-state index in [1.165, 1.54) is 24.1 Å². The van der Waals surface area contributed by atoms with E-state index in [-0.39, 0.29) is 0 Å². The third-order valence-corrected chi connectivity index (χ3v) is 2.69. The predicted octanol–water partition coefficient (Wildman–Crippen LogP) is 3.16. The van der Waals surface area contributed by atoms with Gasteiger partial charge in [0, 0.05) is 26.3 Å². The zero-order valence-corrected chi connectivity index (χ0v) is 11.2. The summed E-state index contributed by atoms with van der Waals surface area (Å²) in [5, 5.41) is 3.39. The Morgan fingerprint density at radius 3 is 2.47 bits per heavy atom. The summed E-state index contributed by atoms with van der Waals surface area (Å²) in [6, 6.07) is 8.59. The number of rotatable bonds is 7. The highest BCUT2D eigenvalue weighted by atomic mass is 15.1. The van der Waals surface area contributed by atoms with Crippen molar-refractivity contribution in [3.8, 4) is 0 Å². The summed E-state index contributed by atoms with van der Waals surface area (Å²) in [7, 11) is 4.12. The van der Waals surface area contributed by atoms with E-state index >= 15 is 0 Å². The van der Waals surface area contributed by atoms with Crippen molar-refractivity contribution in [1.82, 2.24) is 5.32 Å². The second-order valence-electron chi connectivity index (χ2n) is 4.45. The van der Waals surface area contributed by atoms with Gasteiger partial charge >= 0.3 is 0 Å². The molecule has 0 unspecified atom stereocenters. The van der Waals surface area contributed by atoms with E-state index in [1.807, 2.05) is 0 Å². The third-order valence-electron chi connectivity index (χ3n) is 2.69. The average Bonchev–Trinajstić information content (AvgIpc) is 2.34. The zero-order valence-electron chi connectivity index (χ0n) is 11.2. The van der Waals surface area contributed by atoms with Crippen LogP contribution in [0.4, 0.5) is 5.69 Å². The molecule has 0 atom stereocenters. The molecule has 0 saturated carbocycles. The van der Waals surface area contributed by atoms with Crippen molar-refractivity contribution in [2.24, 2.45) is 0 Å². The van der Waals surface area contributed by atoms with Crippen LogP contribution < -0.4 is 10.2 Å². The summed E-state index contributed by atoms with van der Waals surface area (Å²) in [5.41, 5.74) is 2.50. The number of nitrogens with zero attached hydrogens (tertiary/aromatic N) is 1. The van der Waals surface area contributed by atoms with Gasteiger partial charge < -0.3 is 10.2 Å². The fraction of sp³-hybridized carbons (Fsp3) is 0.467. The van der Waals surface area contributed by atoms with Gasteiger partial charge in [0.15, 0.2) is 0 Å².